The van der Waals surface area contributed by atoms with Gasteiger partial charge in [0, 0.05) is 42.3 Å². The standard InChI is InChI=1S/C32H34Cl2N4O5/c1-20(2)43-27-18-25(42-3)12-13-26(27)31-35-29(21-4-8-23(33)9-5-21)30(22-6-10-24(34)11-7-22)38(31)32(41)37-16-14-36(15-17-37)28(40)19-39/h4-13,18,20,29-30,39H,14-17,19H2,1-3H3/t29-,30+/m1/s1. The Morgan fingerprint density at radius 1 is 0.907 bits per heavy atom. The molecule has 2 aliphatic rings. The third-order valence-electron chi connectivity index (χ3n) is 7.53. The minimum Gasteiger partial charge on any atom is -0.497 e. The van der Waals surface area contributed by atoms with E-state index in [9.17, 15) is 14.7 Å². The lowest BCUT2D eigenvalue weighted by Crippen LogP contribution is -2.55. The van der Waals surface area contributed by atoms with E-state index in [1.165, 1.54) is 0 Å². The number of aliphatic hydroxyl groups is 1. The fourth-order valence-electron chi connectivity index (χ4n) is 5.42. The van der Waals surface area contributed by atoms with E-state index in [0.717, 1.165) is 11.1 Å². The number of amidine groups is 1. The Balaban J connectivity index is 1.64. The van der Waals surface area contributed by atoms with Gasteiger partial charge in [-0.25, -0.2) is 4.79 Å². The van der Waals surface area contributed by atoms with Crippen molar-refractivity contribution in [2.45, 2.75) is 32.0 Å². The van der Waals surface area contributed by atoms with Crippen molar-refractivity contribution in [3.05, 3.63) is 93.5 Å². The summed E-state index contributed by atoms with van der Waals surface area (Å²) >= 11 is 12.5. The number of ether oxygens (including phenoxy) is 2. The maximum absolute atomic E-state index is 14.6. The summed E-state index contributed by atoms with van der Waals surface area (Å²) in [6.45, 7) is 4.57. The molecule has 11 heteroatoms. The number of nitrogens with zero attached hydrogens (tertiary/aromatic N) is 4. The average Bonchev–Trinajstić information content (AvgIpc) is 3.41. The Morgan fingerprint density at radius 3 is 2.05 bits per heavy atom. The van der Waals surface area contributed by atoms with Crippen LogP contribution in [0.25, 0.3) is 0 Å². The number of carbonyl (C=O) groups is 2. The first kappa shape index (κ1) is 30.7. The van der Waals surface area contributed by atoms with Crippen LogP contribution in [0.1, 0.15) is 42.6 Å². The lowest BCUT2D eigenvalue weighted by molar-refractivity contribution is -0.135. The molecule has 1 saturated heterocycles. The summed E-state index contributed by atoms with van der Waals surface area (Å²) in [5, 5.41) is 10.5. The minimum absolute atomic E-state index is 0.145. The van der Waals surface area contributed by atoms with E-state index in [0.29, 0.717) is 59.1 Å². The molecule has 1 fully saturated rings. The smallest absolute Gasteiger partial charge is 0.326 e. The maximum atomic E-state index is 14.6. The highest BCUT2D eigenvalue weighted by atomic mass is 35.5. The van der Waals surface area contributed by atoms with Gasteiger partial charge in [0.05, 0.1) is 24.8 Å². The molecule has 43 heavy (non-hydrogen) atoms. The topological polar surface area (TPSA) is 94.9 Å². The Hall–Kier alpha value is -3.79. The molecule has 3 aromatic rings. The van der Waals surface area contributed by atoms with Gasteiger partial charge >= 0.3 is 6.03 Å². The fourth-order valence-corrected chi connectivity index (χ4v) is 5.67. The van der Waals surface area contributed by atoms with Crippen molar-refractivity contribution < 1.29 is 24.2 Å². The lowest BCUT2D eigenvalue weighted by Gasteiger charge is -2.39. The van der Waals surface area contributed by atoms with Crippen LogP contribution in [0, 0.1) is 0 Å². The molecule has 0 aliphatic carbocycles. The number of halogens is 2. The van der Waals surface area contributed by atoms with Crippen LogP contribution in [0.15, 0.2) is 71.7 Å². The summed E-state index contributed by atoms with van der Waals surface area (Å²) in [6, 6.07) is 19.1. The van der Waals surface area contributed by atoms with Gasteiger partial charge in [0.1, 0.15) is 30.0 Å². The number of methoxy groups -OCH3 is 1. The Bertz CT molecular complexity index is 1490. The van der Waals surface area contributed by atoms with Gasteiger partial charge in [-0.2, -0.15) is 0 Å². The van der Waals surface area contributed by atoms with Crippen molar-refractivity contribution in [2.75, 3.05) is 39.9 Å². The molecule has 0 spiro atoms. The van der Waals surface area contributed by atoms with Gasteiger partial charge in [-0.3, -0.25) is 14.7 Å². The van der Waals surface area contributed by atoms with Crippen molar-refractivity contribution in [2.24, 2.45) is 4.99 Å². The second-order valence-electron chi connectivity index (χ2n) is 10.7. The summed E-state index contributed by atoms with van der Waals surface area (Å²) in [5.74, 6) is 1.25. The predicted octanol–water partition coefficient (Wildman–Crippen LogP) is 5.59. The second-order valence-corrected chi connectivity index (χ2v) is 11.5. The van der Waals surface area contributed by atoms with Crippen LogP contribution >= 0.6 is 23.2 Å². The van der Waals surface area contributed by atoms with Crippen LogP contribution in [0.4, 0.5) is 4.79 Å². The molecular weight excluding hydrogens is 591 g/mol. The lowest BCUT2D eigenvalue weighted by atomic mass is 9.93. The Labute approximate surface area is 261 Å². The molecule has 2 atom stereocenters. The number of amides is 3. The van der Waals surface area contributed by atoms with Gasteiger partial charge in [-0.05, 0) is 61.4 Å². The quantitative estimate of drug-likeness (QED) is 0.370. The van der Waals surface area contributed by atoms with Crippen molar-refractivity contribution in [3.63, 3.8) is 0 Å². The van der Waals surface area contributed by atoms with Crippen molar-refractivity contribution in [1.82, 2.24) is 14.7 Å². The number of urea groups is 1. The Kier molecular flexibility index (Phi) is 9.44. The summed E-state index contributed by atoms with van der Waals surface area (Å²) < 4.78 is 11.7. The molecule has 0 aromatic heterocycles. The zero-order valence-corrected chi connectivity index (χ0v) is 25.8. The average molecular weight is 626 g/mol. The van der Waals surface area contributed by atoms with Crippen LogP contribution in [0.5, 0.6) is 11.5 Å². The maximum Gasteiger partial charge on any atom is 0.326 e. The molecular formula is C32H34Cl2N4O5. The van der Waals surface area contributed by atoms with Crippen molar-refractivity contribution >= 4 is 41.0 Å². The molecule has 3 aromatic carbocycles. The van der Waals surface area contributed by atoms with E-state index in [2.05, 4.69) is 0 Å². The summed E-state index contributed by atoms with van der Waals surface area (Å²) in [6.07, 6.45) is -0.145. The molecule has 3 amide bonds. The minimum atomic E-state index is -0.561. The van der Waals surface area contributed by atoms with Gasteiger partial charge in [-0.15, -0.1) is 0 Å². The molecule has 1 N–H and O–H groups in total. The molecule has 2 heterocycles. The number of piperazine rings is 1. The molecule has 5 rings (SSSR count). The monoisotopic (exact) mass is 624 g/mol. The molecule has 0 bridgehead atoms. The zero-order chi connectivity index (χ0) is 30.7. The SMILES string of the molecule is COc1ccc(C2=N[C@H](c3ccc(Cl)cc3)[C@H](c3ccc(Cl)cc3)N2C(=O)N2CCN(C(=O)CO)CC2)c(OC(C)C)c1. The van der Waals surface area contributed by atoms with E-state index < -0.39 is 18.7 Å². The molecule has 0 saturated carbocycles. The van der Waals surface area contributed by atoms with Crippen LogP contribution in [-0.2, 0) is 4.79 Å². The highest BCUT2D eigenvalue weighted by Crippen LogP contribution is 2.46. The van der Waals surface area contributed by atoms with Gasteiger partial charge in [0.25, 0.3) is 0 Å². The third kappa shape index (κ3) is 6.59. The molecule has 9 nitrogen and oxygen atoms in total. The summed E-state index contributed by atoms with van der Waals surface area (Å²) in [4.78, 5) is 36.9. The van der Waals surface area contributed by atoms with Gasteiger partial charge in [0.2, 0.25) is 5.91 Å². The van der Waals surface area contributed by atoms with Crippen LogP contribution in [-0.4, -0.2) is 83.6 Å². The molecule has 226 valence electrons. The van der Waals surface area contributed by atoms with Gasteiger partial charge in [0.15, 0.2) is 0 Å². The molecule has 0 unspecified atom stereocenters. The van der Waals surface area contributed by atoms with Crippen LogP contribution in [0.2, 0.25) is 10.0 Å². The first-order chi connectivity index (χ1) is 20.7. The zero-order valence-electron chi connectivity index (χ0n) is 24.2. The normalized spacial score (nSPS) is 18.6. The van der Waals surface area contributed by atoms with E-state index >= 15 is 0 Å². The number of aliphatic hydroxyl groups excluding tert-OH is 1. The second kappa shape index (κ2) is 13.2. The summed E-state index contributed by atoms with van der Waals surface area (Å²) in [7, 11) is 1.59. The highest BCUT2D eigenvalue weighted by Gasteiger charge is 2.45. The third-order valence-corrected chi connectivity index (χ3v) is 8.03. The number of hydrogen-bond donors (Lipinski definition) is 1. The van der Waals surface area contributed by atoms with Gasteiger partial charge < -0.3 is 24.4 Å². The number of carbonyl (C=O) groups excluding carboxylic acids is 2. The number of rotatable bonds is 7. The first-order valence-corrected chi connectivity index (χ1v) is 14.9. The van der Waals surface area contributed by atoms with E-state index in [1.807, 2.05) is 62.4 Å². The van der Waals surface area contributed by atoms with Gasteiger partial charge in [-0.1, -0.05) is 47.5 Å². The molecule has 0 radical (unpaired) electrons. The number of aliphatic imine (C=N–C) groups is 1. The first-order valence-electron chi connectivity index (χ1n) is 14.1. The summed E-state index contributed by atoms with van der Waals surface area (Å²) in [5.41, 5.74) is 2.38. The fraction of sp³-hybridized carbons (Fsp3) is 0.344. The number of hydrogen-bond acceptors (Lipinski definition) is 6. The number of benzene rings is 3. The van der Waals surface area contributed by atoms with Crippen molar-refractivity contribution in [1.29, 1.82) is 0 Å². The Morgan fingerprint density at radius 2 is 1.49 bits per heavy atom. The van der Waals surface area contributed by atoms with E-state index in [4.69, 9.17) is 37.7 Å². The molecule has 2 aliphatic heterocycles. The predicted molar refractivity (Wildman–Crippen MR) is 166 cm³/mol. The van der Waals surface area contributed by atoms with Crippen molar-refractivity contribution in [3.8, 4) is 11.5 Å². The largest absolute Gasteiger partial charge is 0.497 e. The highest BCUT2D eigenvalue weighted by molar-refractivity contribution is 6.30. The van der Waals surface area contributed by atoms with E-state index in [-0.39, 0.29) is 18.0 Å². The van der Waals surface area contributed by atoms with Crippen LogP contribution < -0.4 is 9.47 Å². The van der Waals surface area contributed by atoms with E-state index in [1.54, 1.807) is 40.0 Å². The van der Waals surface area contributed by atoms with Crippen LogP contribution in [0.3, 0.4) is 0 Å².